The number of carboxylic acid groups (broad SMARTS) is 1. The lowest BCUT2D eigenvalue weighted by Gasteiger charge is -2.03. The number of Topliss-reactive ketones (excluding diaryl/α,β-unsaturated/α-hetero) is 1. The number of aromatic carboxylic acids is 1. The number of allylic oxidation sites excluding steroid dienone is 1. The largest absolute Gasteiger partial charge is 0.507 e. The standard InChI is InChI=1S/C16H10O7/c17-10-3-1-7(5-9(10)16(21)22)6-12-13(19)8-2-4-11(18)14(20)15(8)23-12/h1-6,17-18,20H,(H,21,22)/b12-6-. The Morgan fingerprint density at radius 1 is 1.04 bits per heavy atom. The molecule has 2 aromatic rings. The van der Waals surface area contributed by atoms with Gasteiger partial charge in [-0.1, -0.05) is 6.07 Å². The summed E-state index contributed by atoms with van der Waals surface area (Å²) in [5.74, 6) is -3.48. The Labute approximate surface area is 129 Å². The van der Waals surface area contributed by atoms with Crippen LogP contribution in [-0.2, 0) is 0 Å². The highest BCUT2D eigenvalue weighted by atomic mass is 16.5. The predicted octanol–water partition coefficient (Wildman–Crippen LogP) is 2.12. The van der Waals surface area contributed by atoms with Gasteiger partial charge in [-0.05, 0) is 35.9 Å². The van der Waals surface area contributed by atoms with E-state index in [4.69, 9.17) is 9.84 Å². The molecule has 0 unspecified atom stereocenters. The zero-order valence-electron chi connectivity index (χ0n) is 11.5. The van der Waals surface area contributed by atoms with Gasteiger partial charge >= 0.3 is 5.97 Å². The number of carboxylic acids is 1. The van der Waals surface area contributed by atoms with Gasteiger partial charge in [0.05, 0.1) is 5.56 Å². The van der Waals surface area contributed by atoms with E-state index in [1.807, 2.05) is 0 Å². The quantitative estimate of drug-likeness (QED) is 0.494. The SMILES string of the molecule is O=C(O)c1cc(/C=C2\Oc3c(ccc(O)c3O)C2=O)ccc1O. The molecule has 0 saturated carbocycles. The molecule has 0 saturated heterocycles. The van der Waals surface area contributed by atoms with Crippen LogP contribution >= 0.6 is 0 Å². The summed E-state index contributed by atoms with van der Waals surface area (Å²) in [6.07, 6.45) is 1.28. The van der Waals surface area contributed by atoms with Crippen molar-refractivity contribution in [2.75, 3.05) is 0 Å². The summed E-state index contributed by atoms with van der Waals surface area (Å²) in [6.45, 7) is 0. The summed E-state index contributed by atoms with van der Waals surface area (Å²) in [5, 5.41) is 37.6. The normalized spacial score (nSPS) is 14.6. The summed E-state index contributed by atoms with van der Waals surface area (Å²) in [6, 6.07) is 6.26. The molecule has 23 heavy (non-hydrogen) atoms. The second-order valence-electron chi connectivity index (χ2n) is 4.83. The first-order chi connectivity index (χ1) is 10.9. The highest BCUT2D eigenvalue weighted by Crippen LogP contribution is 2.44. The van der Waals surface area contributed by atoms with Crippen LogP contribution in [0.5, 0.6) is 23.0 Å². The number of ether oxygens (including phenoxy) is 1. The third-order valence-corrected chi connectivity index (χ3v) is 3.34. The van der Waals surface area contributed by atoms with Crippen LogP contribution in [0.3, 0.4) is 0 Å². The number of phenols is 3. The fraction of sp³-hybridized carbons (Fsp3) is 0. The number of hydrogen-bond donors (Lipinski definition) is 4. The second kappa shape index (κ2) is 5.06. The van der Waals surface area contributed by atoms with Crippen molar-refractivity contribution in [2.24, 2.45) is 0 Å². The minimum absolute atomic E-state index is 0.0868. The van der Waals surface area contributed by atoms with Crippen LogP contribution in [0.15, 0.2) is 36.1 Å². The fourth-order valence-corrected chi connectivity index (χ4v) is 2.19. The molecule has 7 nitrogen and oxygen atoms in total. The van der Waals surface area contributed by atoms with Crippen molar-refractivity contribution in [2.45, 2.75) is 0 Å². The molecule has 0 spiro atoms. The maximum atomic E-state index is 12.2. The van der Waals surface area contributed by atoms with Gasteiger partial charge in [0, 0.05) is 0 Å². The van der Waals surface area contributed by atoms with Crippen molar-refractivity contribution in [3.05, 3.63) is 52.8 Å². The molecule has 0 fully saturated rings. The van der Waals surface area contributed by atoms with Crippen molar-refractivity contribution in [1.29, 1.82) is 0 Å². The highest BCUT2D eigenvalue weighted by molar-refractivity contribution is 6.15. The molecule has 3 rings (SSSR count). The van der Waals surface area contributed by atoms with Crippen LogP contribution < -0.4 is 4.74 Å². The Hall–Kier alpha value is -3.48. The van der Waals surface area contributed by atoms with Crippen LogP contribution in [0, 0.1) is 0 Å². The first kappa shape index (κ1) is 14.5. The first-order valence-electron chi connectivity index (χ1n) is 6.44. The molecule has 0 aliphatic carbocycles. The Balaban J connectivity index is 2.03. The van der Waals surface area contributed by atoms with Gasteiger partial charge < -0.3 is 25.2 Å². The van der Waals surface area contributed by atoms with Crippen LogP contribution in [0.25, 0.3) is 6.08 Å². The van der Waals surface area contributed by atoms with Gasteiger partial charge in [-0.25, -0.2) is 4.79 Å². The molecular weight excluding hydrogens is 304 g/mol. The maximum Gasteiger partial charge on any atom is 0.339 e. The molecule has 1 heterocycles. The Bertz CT molecular complexity index is 880. The molecule has 4 N–H and O–H groups in total. The van der Waals surface area contributed by atoms with Gasteiger partial charge in [0.2, 0.25) is 11.5 Å². The summed E-state index contributed by atoms with van der Waals surface area (Å²) >= 11 is 0. The van der Waals surface area contributed by atoms with Crippen LogP contribution in [0.4, 0.5) is 0 Å². The van der Waals surface area contributed by atoms with E-state index in [-0.39, 0.29) is 22.6 Å². The summed E-state index contributed by atoms with van der Waals surface area (Å²) < 4.78 is 5.26. The molecular formula is C16H10O7. The van der Waals surface area contributed by atoms with Gasteiger partial charge in [-0.2, -0.15) is 0 Å². The van der Waals surface area contributed by atoms with Crippen molar-refractivity contribution in [1.82, 2.24) is 0 Å². The van der Waals surface area contributed by atoms with E-state index < -0.39 is 29.0 Å². The van der Waals surface area contributed by atoms with E-state index in [0.717, 1.165) is 0 Å². The van der Waals surface area contributed by atoms with Gasteiger partial charge in [0.15, 0.2) is 17.3 Å². The van der Waals surface area contributed by atoms with E-state index >= 15 is 0 Å². The van der Waals surface area contributed by atoms with Crippen LogP contribution in [0.1, 0.15) is 26.3 Å². The van der Waals surface area contributed by atoms with Crippen molar-refractivity contribution >= 4 is 17.8 Å². The van der Waals surface area contributed by atoms with Crippen molar-refractivity contribution in [3.8, 4) is 23.0 Å². The molecule has 116 valence electrons. The number of carbonyl (C=O) groups excluding carboxylic acids is 1. The van der Waals surface area contributed by atoms with Gasteiger partial charge in [-0.15, -0.1) is 0 Å². The zero-order chi connectivity index (χ0) is 16.7. The molecule has 0 bridgehead atoms. The average Bonchev–Trinajstić information content (AvgIpc) is 2.82. The number of phenolic OH excluding ortho intramolecular Hbond substituents is 2. The summed E-state index contributed by atoms with van der Waals surface area (Å²) in [5.41, 5.74) is 0.0895. The first-order valence-corrected chi connectivity index (χ1v) is 6.44. The minimum atomic E-state index is -1.31. The van der Waals surface area contributed by atoms with Gasteiger partial charge in [0.25, 0.3) is 0 Å². The fourth-order valence-electron chi connectivity index (χ4n) is 2.19. The molecule has 1 aliphatic rings. The molecule has 0 aromatic heterocycles. The van der Waals surface area contributed by atoms with E-state index in [1.54, 1.807) is 0 Å². The van der Waals surface area contributed by atoms with Crippen molar-refractivity contribution < 1.29 is 34.8 Å². The number of hydrogen-bond acceptors (Lipinski definition) is 6. The average molecular weight is 314 g/mol. The predicted molar refractivity (Wildman–Crippen MR) is 77.8 cm³/mol. The number of fused-ring (bicyclic) bond motifs is 1. The second-order valence-corrected chi connectivity index (χ2v) is 4.83. The smallest absolute Gasteiger partial charge is 0.339 e. The molecule has 0 amide bonds. The summed E-state index contributed by atoms with van der Waals surface area (Å²) in [7, 11) is 0. The molecule has 2 aromatic carbocycles. The molecule has 0 radical (unpaired) electrons. The molecule has 0 atom stereocenters. The maximum absolute atomic E-state index is 12.2. The van der Waals surface area contributed by atoms with Gasteiger partial charge in [0.1, 0.15) is 11.3 Å². The van der Waals surface area contributed by atoms with E-state index in [9.17, 15) is 24.9 Å². The van der Waals surface area contributed by atoms with Gasteiger partial charge in [-0.3, -0.25) is 4.79 Å². The van der Waals surface area contributed by atoms with E-state index in [1.165, 1.54) is 36.4 Å². The lowest BCUT2D eigenvalue weighted by molar-refractivity contribution is 0.0693. The lowest BCUT2D eigenvalue weighted by atomic mass is 10.1. The lowest BCUT2D eigenvalue weighted by Crippen LogP contribution is -2.00. The number of aromatic hydroxyl groups is 3. The van der Waals surface area contributed by atoms with Crippen LogP contribution in [0.2, 0.25) is 0 Å². The van der Waals surface area contributed by atoms with Crippen molar-refractivity contribution in [3.63, 3.8) is 0 Å². The third kappa shape index (κ3) is 2.34. The Kier molecular flexibility index (Phi) is 3.18. The number of rotatable bonds is 2. The highest BCUT2D eigenvalue weighted by Gasteiger charge is 2.31. The third-order valence-electron chi connectivity index (χ3n) is 3.34. The van der Waals surface area contributed by atoms with Crippen LogP contribution in [-0.4, -0.2) is 32.2 Å². The summed E-state index contributed by atoms with van der Waals surface area (Å²) in [4.78, 5) is 23.2. The van der Waals surface area contributed by atoms with E-state index in [2.05, 4.69) is 0 Å². The minimum Gasteiger partial charge on any atom is -0.507 e. The monoisotopic (exact) mass is 314 g/mol. The zero-order valence-corrected chi connectivity index (χ0v) is 11.5. The molecule has 1 aliphatic heterocycles. The number of carbonyl (C=O) groups is 2. The van der Waals surface area contributed by atoms with E-state index in [0.29, 0.717) is 5.56 Å². The number of benzene rings is 2. The Morgan fingerprint density at radius 3 is 2.43 bits per heavy atom. The number of ketones is 1. The Morgan fingerprint density at radius 2 is 1.74 bits per heavy atom. The topological polar surface area (TPSA) is 124 Å². The molecule has 7 heteroatoms.